The van der Waals surface area contributed by atoms with Crippen molar-refractivity contribution in [2.24, 2.45) is 0 Å². The van der Waals surface area contributed by atoms with Gasteiger partial charge in [-0.1, -0.05) is 6.07 Å². The minimum absolute atomic E-state index is 0.0434. The maximum absolute atomic E-state index is 11.8. The highest BCUT2D eigenvalue weighted by Crippen LogP contribution is 2.37. The Bertz CT molecular complexity index is 807. The number of aryl methyl sites for hydroxylation is 1. The van der Waals surface area contributed by atoms with Crippen molar-refractivity contribution in [1.82, 2.24) is 0 Å². The summed E-state index contributed by atoms with van der Waals surface area (Å²) in [6.45, 7) is 1.57. The number of rotatable bonds is 5. The fraction of sp³-hybridized carbons (Fsp3) is 0.294. The molecule has 0 aliphatic rings. The summed E-state index contributed by atoms with van der Waals surface area (Å²) in [5, 5.41) is 19.8. The summed E-state index contributed by atoms with van der Waals surface area (Å²) in [6, 6.07) is 5.60. The van der Waals surface area contributed by atoms with E-state index in [1.807, 2.05) is 0 Å². The van der Waals surface area contributed by atoms with Crippen molar-refractivity contribution in [3.05, 3.63) is 51.6 Å². The van der Waals surface area contributed by atoms with Crippen LogP contribution < -0.4 is 10.2 Å². The first kappa shape index (κ1) is 17.4. The van der Waals surface area contributed by atoms with Crippen molar-refractivity contribution in [3.8, 4) is 17.2 Å². The molecule has 0 amide bonds. The van der Waals surface area contributed by atoms with E-state index >= 15 is 0 Å². The van der Waals surface area contributed by atoms with Gasteiger partial charge in [0.15, 0.2) is 17.3 Å². The van der Waals surface area contributed by atoms with E-state index in [2.05, 4.69) is 4.74 Å². The van der Waals surface area contributed by atoms with Crippen molar-refractivity contribution in [2.45, 2.75) is 19.3 Å². The Morgan fingerprint density at radius 1 is 1.25 bits per heavy atom. The molecule has 1 unspecified atom stereocenters. The number of ether oxygens (including phenoxy) is 2. The number of methoxy groups -OCH3 is 2. The van der Waals surface area contributed by atoms with Crippen LogP contribution in [0.5, 0.6) is 17.2 Å². The highest BCUT2D eigenvalue weighted by atomic mass is 16.5. The lowest BCUT2D eigenvalue weighted by Crippen LogP contribution is -2.13. The van der Waals surface area contributed by atoms with Gasteiger partial charge in [-0.25, -0.2) is 0 Å². The predicted molar refractivity (Wildman–Crippen MR) is 84.5 cm³/mol. The monoisotopic (exact) mass is 334 g/mol. The summed E-state index contributed by atoms with van der Waals surface area (Å²) in [6.07, 6.45) is -0.162. The second-order valence-corrected chi connectivity index (χ2v) is 5.20. The summed E-state index contributed by atoms with van der Waals surface area (Å²) in [5.41, 5.74) is -0.0894. The molecule has 1 aromatic heterocycles. The molecule has 0 saturated heterocycles. The third-order valence-electron chi connectivity index (χ3n) is 3.59. The third kappa shape index (κ3) is 3.51. The maximum Gasteiger partial charge on any atom is 0.306 e. The average molecular weight is 334 g/mol. The molecular weight excluding hydrogens is 316 g/mol. The smallest absolute Gasteiger partial charge is 0.306 e. The van der Waals surface area contributed by atoms with E-state index < -0.39 is 23.1 Å². The summed E-state index contributed by atoms with van der Waals surface area (Å²) in [4.78, 5) is 23.6. The molecule has 1 heterocycles. The van der Waals surface area contributed by atoms with E-state index in [0.29, 0.717) is 11.3 Å². The van der Waals surface area contributed by atoms with Crippen LogP contribution in [0.2, 0.25) is 0 Å². The summed E-state index contributed by atoms with van der Waals surface area (Å²) in [5.74, 6) is -1.52. The maximum atomic E-state index is 11.8. The number of benzene rings is 1. The molecule has 128 valence electrons. The van der Waals surface area contributed by atoms with Gasteiger partial charge in [-0.2, -0.15) is 0 Å². The topological polar surface area (TPSA) is 106 Å². The summed E-state index contributed by atoms with van der Waals surface area (Å²) < 4.78 is 15.2. The van der Waals surface area contributed by atoms with Crippen molar-refractivity contribution >= 4 is 5.97 Å². The Labute approximate surface area is 138 Å². The number of carbonyl (C=O) groups excluding carboxylic acids is 1. The van der Waals surface area contributed by atoms with Crippen LogP contribution in [0, 0.1) is 6.92 Å². The third-order valence-corrected chi connectivity index (χ3v) is 3.59. The molecule has 0 spiro atoms. The van der Waals surface area contributed by atoms with Gasteiger partial charge in [0.2, 0.25) is 11.2 Å². The van der Waals surface area contributed by atoms with Crippen LogP contribution in [0.4, 0.5) is 0 Å². The molecule has 2 N–H and O–H groups in total. The SMILES string of the molecule is COC(=O)CC(c1ccc(O)c(OC)c1)c1oc(C)cc(=O)c1O. The molecule has 0 fully saturated rings. The highest BCUT2D eigenvalue weighted by molar-refractivity contribution is 5.71. The quantitative estimate of drug-likeness (QED) is 0.806. The Kier molecular flexibility index (Phi) is 5.13. The molecule has 0 bridgehead atoms. The van der Waals surface area contributed by atoms with E-state index in [-0.39, 0.29) is 23.7 Å². The number of phenolic OH excluding ortho intramolecular Hbond substituents is 1. The minimum Gasteiger partial charge on any atom is -0.504 e. The van der Waals surface area contributed by atoms with Gasteiger partial charge in [-0.3, -0.25) is 9.59 Å². The molecule has 0 saturated carbocycles. The zero-order chi connectivity index (χ0) is 17.9. The molecule has 0 radical (unpaired) electrons. The van der Waals surface area contributed by atoms with Crippen molar-refractivity contribution in [1.29, 1.82) is 0 Å². The normalized spacial score (nSPS) is 11.8. The Morgan fingerprint density at radius 2 is 1.96 bits per heavy atom. The predicted octanol–water partition coefficient (Wildman–Crippen LogP) is 2.06. The van der Waals surface area contributed by atoms with Crippen molar-refractivity contribution in [3.63, 3.8) is 0 Å². The Balaban J connectivity index is 2.62. The first-order valence-electron chi connectivity index (χ1n) is 7.14. The lowest BCUT2D eigenvalue weighted by atomic mass is 9.92. The van der Waals surface area contributed by atoms with E-state index in [0.717, 1.165) is 6.07 Å². The molecule has 7 nitrogen and oxygen atoms in total. The van der Waals surface area contributed by atoms with E-state index in [1.165, 1.54) is 26.4 Å². The second-order valence-electron chi connectivity index (χ2n) is 5.20. The molecule has 2 aromatic rings. The molecule has 0 aliphatic carbocycles. The zero-order valence-electron chi connectivity index (χ0n) is 13.5. The van der Waals surface area contributed by atoms with Gasteiger partial charge < -0.3 is 24.1 Å². The molecular formula is C17H18O7. The largest absolute Gasteiger partial charge is 0.504 e. The number of esters is 1. The van der Waals surface area contributed by atoms with Crippen LogP contribution in [0.1, 0.15) is 29.4 Å². The van der Waals surface area contributed by atoms with Gasteiger partial charge in [0.1, 0.15) is 5.76 Å². The second kappa shape index (κ2) is 7.08. The molecule has 7 heteroatoms. The van der Waals surface area contributed by atoms with Gasteiger partial charge in [0.25, 0.3) is 0 Å². The number of carbonyl (C=O) groups is 1. The van der Waals surface area contributed by atoms with Crippen molar-refractivity contribution in [2.75, 3.05) is 14.2 Å². The van der Waals surface area contributed by atoms with Crippen LogP contribution in [-0.2, 0) is 9.53 Å². The van der Waals surface area contributed by atoms with Crippen LogP contribution in [-0.4, -0.2) is 30.4 Å². The summed E-state index contributed by atoms with van der Waals surface area (Å²) in [7, 11) is 2.63. The summed E-state index contributed by atoms with van der Waals surface area (Å²) >= 11 is 0. The zero-order valence-corrected chi connectivity index (χ0v) is 13.5. The first-order valence-corrected chi connectivity index (χ1v) is 7.14. The molecule has 24 heavy (non-hydrogen) atoms. The number of aromatic hydroxyl groups is 2. The molecule has 0 aliphatic heterocycles. The van der Waals surface area contributed by atoms with E-state index in [9.17, 15) is 19.8 Å². The minimum atomic E-state index is -0.778. The van der Waals surface area contributed by atoms with Crippen LogP contribution in [0.3, 0.4) is 0 Å². The molecule has 1 aromatic carbocycles. The number of phenols is 1. The lowest BCUT2D eigenvalue weighted by molar-refractivity contribution is -0.140. The Morgan fingerprint density at radius 3 is 2.58 bits per heavy atom. The van der Waals surface area contributed by atoms with Gasteiger partial charge in [-0.15, -0.1) is 0 Å². The van der Waals surface area contributed by atoms with Crippen LogP contribution >= 0.6 is 0 Å². The van der Waals surface area contributed by atoms with E-state index in [4.69, 9.17) is 9.15 Å². The first-order chi connectivity index (χ1) is 11.4. The molecule has 1 atom stereocenters. The van der Waals surface area contributed by atoms with Crippen LogP contribution in [0.25, 0.3) is 0 Å². The van der Waals surface area contributed by atoms with E-state index in [1.54, 1.807) is 13.0 Å². The van der Waals surface area contributed by atoms with Gasteiger partial charge in [0, 0.05) is 6.07 Å². The molecule has 2 rings (SSSR count). The Hall–Kier alpha value is -2.96. The van der Waals surface area contributed by atoms with Crippen molar-refractivity contribution < 1.29 is 28.9 Å². The highest BCUT2D eigenvalue weighted by Gasteiger charge is 2.27. The number of hydrogen-bond acceptors (Lipinski definition) is 7. The lowest BCUT2D eigenvalue weighted by Gasteiger charge is -2.18. The van der Waals surface area contributed by atoms with Crippen LogP contribution in [0.15, 0.2) is 33.5 Å². The average Bonchev–Trinajstić information content (AvgIpc) is 2.56. The van der Waals surface area contributed by atoms with Gasteiger partial charge in [-0.05, 0) is 24.6 Å². The standard InChI is InChI=1S/C17H18O7/c1-9-6-13(19)16(21)17(24-9)11(8-15(20)23-3)10-4-5-12(18)14(7-10)22-2/h4-7,11,18,21H,8H2,1-3H3. The van der Waals surface area contributed by atoms with Gasteiger partial charge >= 0.3 is 5.97 Å². The fourth-order valence-electron chi connectivity index (χ4n) is 2.38. The fourth-order valence-corrected chi connectivity index (χ4v) is 2.38. The number of hydrogen-bond donors (Lipinski definition) is 2. The van der Waals surface area contributed by atoms with Gasteiger partial charge in [0.05, 0.1) is 26.6 Å².